The van der Waals surface area contributed by atoms with Gasteiger partial charge in [0.1, 0.15) is 5.76 Å². The van der Waals surface area contributed by atoms with Crippen molar-refractivity contribution in [3.63, 3.8) is 0 Å². The van der Waals surface area contributed by atoms with Crippen molar-refractivity contribution in [2.75, 3.05) is 32.8 Å². The SMILES string of the molecule is O=C(Cc1ccc(C(=O)NCC2CC2)o1)NC[C@H]1CN(Cc2ccc(F)c(F)c2)CCO1. The van der Waals surface area contributed by atoms with E-state index in [-0.39, 0.29) is 30.1 Å². The van der Waals surface area contributed by atoms with Crippen molar-refractivity contribution < 1.29 is 27.5 Å². The number of halogens is 2. The summed E-state index contributed by atoms with van der Waals surface area (Å²) in [6, 6.07) is 7.09. The number of hydrogen-bond donors (Lipinski definition) is 2. The maximum Gasteiger partial charge on any atom is 0.287 e. The molecule has 2 aliphatic rings. The average Bonchev–Trinajstić information content (AvgIpc) is 3.50. The lowest BCUT2D eigenvalue weighted by molar-refractivity contribution is -0.122. The molecule has 2 N–H and O–H groups in total. The lowest BCUT2D eigenvalue weighted by Crippen LogP contribution is -2.47. The predicted octanol–water partition coefficient (Wildman–Crippen LogP) is 2.26. The minimum atomic E-state index is -0.862. The van der Waals surface area contributed by atoms with E-state index in [0.717, 1.165) is 18.9 Å². The standard InChI is InChI=1S/C23H27F2N3O4/c24-19-5-3-16(9-20(19)25)13-28-7-8-31-18(14-28)12-26-22(29)10-17-4-6-21(32-17)23(30)27-11-15-1-2-15/h3-6,9,15,18H,1-2,7-8,10-14H2,(H,26,29)(H,27,30)/t18-/m0/s1. The molecule has 172 valence electrons. The first-order valence-electron chi connectivity index (χ1n) is 10.9. The first kappa shape index (κ1) is 22.4. The lowest BCUT2D eigenvalue weighted by atomic mass is 10.1. The van der Waals surface area contributed by atoms with Gasteiger partial charge in [-0.15, -0.1) is 0 Å². The molecule has 0 bridgehead atoms. The second kappa shape index (κ2) is 10.2. The molecule has 2 amide bonds. The number of ether oxygens (including phenoxy) is 1. The molecule has 0 unspecified atom stereocenters. The molecule has 1 aliphatic carbocycles. The first-order chi connectivity index (χ1) is 15.5. The van der Waals surface area contributed by atoms with Crippen LogP contribution in [0, 0.1) is 17.6 Å². The number of benzene rings is 1. The molecule has 0 spiro atoms. The zero-order valence-electron chi connectivity index (χ0n) is 17.7. The molecule has 1 aromatic carbocycles. The molecule has 1 saturated heterocycles. The molecule has 2 aromatic rings. The molecule has 1 atom stereocenters. The van der Waals surface area contributed by atoms with Gasteiger partial charge in [0.25, 0.3) is 5.91 Å². The monoisotopic (exact) mass is 447 g/mol. The van der Waals surface area contributed by atoms with Crippen LogP contribution in [0.5, 0.6) is 0 Å². The Kier molecular flexibility index (Phi) is 7.16. The molecule has 0 radical (unpaired) electrons. The van der Waals surface area contributed by atoms with Gasteiger partial charge >= 0.3 is 0 Å². The number of amides is 2. The number of nitrogens with one attached hydrogen (secondary N) is 2. The van der Waals surface area contributed by atoms with Crippen LogP contribution in [-0.4, -0.2) is 55.6 Å². The normalized spacial score (nSPS) is 19.0. The van der Waals surface area contributed by atoms with Gasteiger partial charge in [0.05, 0.1) is 19.1 Å². The molecular formula is C23H27F2N3O4. The third kappa shape index (κ3) is 6.37. The van der Waals surface area contributed by atoms with Gasteiger partial charge in [0, 0.05) is 32.7 Å². The van der Waals surface area contributed by atoms with E-state index >= 15 is 0 Å². The van der Waals surface area contributed by atoms with Crippen LogP contribution in [0.15, 0.2) is 34.7 Å². The summed E-state index contributed by atoms with van der Waals surface area (Å²) in [5.74, 6) is -1.01. The number of nitrogens with zero attached hydrogens (tertiary/aromatic N) is 1. The molecule has 4 rings (SSSR count). The van der Waals surface area contributed by atoms with Gasteiger partial charge in [-0.2, -0.15) is 0 Å². The second-order valence-electron chi connectivity index (χ2n) is 8.38. The van der Waals surface area contributed by atoms with E-state index < -0.39 is 11.6 Å². The van der Waals surface area contributed by atoms with Crippen LogP contribution in [-0.2, 0) is 22.5 Å². The summed E-state index contributed by atoms with van der Waals surface area (Å²) in [6.45, 7) is 3.17. The summed E-state index contributed by atoms with van der Waals surface area (Å²) < 4.78 is 37.7. The number of morpholine rings is 1. The molecule has 1 aromatic heterocycles. The van der Waals surface area contributed by atoms with Crippen molar-refractivity contribution in [2.45, 2.75) is 31.9 Å². The predicted molar refractivity (Wildman–Crippen MR) is 112 cm³/mol. The Labute approximate surface area is 185 Å². The summed E-state index contributed by atoms with van der Waals surface area (Å²) in [5, 5.41) is 5.66. The van der Waals surface area contributed by atoms with Crippen LogP contribution in [0.25, 0.3) is 0 Å². The third-order valence-corrected chi connectivity index (χ3v) is 5.61. The van der Waals surface area contributed by atoms with Gasteiger partial charge in [0.15, 0.2) is 17.4 Å². The number of carbonyl (C=O) groups excluding carboxylic acids is 2. The zero-order valence-corrected chi connectivity index (χ0v) is 17.7. The van der Waals surface area contributed by atoms with E-state index in [1.54, 1.807) is 18.2 Å². The fraction of sp³-hybridized carbons (Fsp3) is 0.478. The van der Waals surface area contributed by atoms with Crippen LogP contribution in [0.4, 0.5) is 8.78 Å². The van der Waals surface area contributed by atoms with Crippen LogP contribution in [0.1, 0.15) is 34.7 Å². The molecule has 1 saturated carbocycles. The summed E-state index contributed by atoms with van der Waals surface area (Å²) in [4.78, 5) is 26.4. The van der Waals surface area contributed by atoms with Crippen molar-refractivity contribution in [1.29, 1.82) is 0 Å². The molecule has 7 nitrogen and oxygen atoms in total. The number of carbonyl (C=O) groups is 2. The van der Waals surface area contributed by atoms with Crippen molar-refractivity contribution in [3.05, 3.63) is 59.1 Å². The number of hydrogen-bond acceptors (Lipinski definition) is 5. The second-order valence-corrected chi connectivity index (χ2v) is 8.38. The van der Waals surface area contributed by atoms with E-state index in [1.165, 1.54) is 6.07 Å². The summed E-state index contributed by atoms with van der Waals surface area (Å²) in [7, 11) is 0. The number of furan rings is 1. The van der Waals surface area contributed by atoms with Gasteiger partial charge in [-0.3, -0.25) is 14.5 Å². The van der Waals surface area contributed by atoms with Crippen molar-refractivity contribution >= 4 is 11.8 Å². The molecule has 1 aliphatic heterocycles. The Morgan fingerprint density at radius 1 is 1.06 bits per heavy atom. The zero-order chi connectivity index (χ0) is 22.5. The highest BCUT2D eigenvalue weighted by molar-refractivity contribution is 5.91. The maximum atomic E-state index is 13.4. The van der Waals surface area contributed by atoms with E-state index in [0.29, 0.717) is 56.6 Å². The van der Waals surface area contributed by atoms with Crippen LogP contribution < -0.4 is 10.6 Å². The van der Waals surface area contributed by atoms with Gasteiger partial charge in [0.2, 0.25) is 5.91 Å². The van der Waals surface area contributed by atoms with Crippen molar-refractivity contribution in [2.24, 2.45) is 5.92 Å². The van der Waals surface area contributed by atoms with E-state index in [9.17, 15) is 18.4 Å². The Hall–Kier alpha value is -2.78. The third-order valence-electron chi connectivity index (χ3n) is 5.61. The fourth-order valence-corrected chi connectivity index (χ4v) is 3.63. The molecule has 32 heavy (non-hydrogen) atoms. The highest BCUT2D eigenvalue weighted by Gasteiger charge is 2.24. The smallest absolute Gasteiger partial charge is 0.287 e. The van der Waals surface area contributed by atoms with E-state index in [2.05, 4.69) is 15.5 Å². The number of rotatable bonds is 9. The Bertz CT molecular complexity index is 960. The highest BCUT2D eigenvalue weighted by Crippen LogP contribution is 2.27. The Morgan fingerprint density at radius 2 is 1.91 bits per heavy atom. The molecular weight excluding hydrogens is 420 g/mol. The largest absolute Gasteiger partial charge is 0.455 e. The Morgan fingerprint density at radius 3 is 2.69 bits per heavy atom. The summed E-state index contributed by atoms with van der Waals surface area (Å²) in [5.41, 5.74) is 0.684. The first-order valence-corrected chi connectivity index (χ1v) is 10.9. The van der Waals surface area contributed by atoms with Gasteiger partial charge in [-0.1, -0.05) is 6.07 Å². The van der Waals surface area contributed by atoms with Gasteiger partial charge < -0.3 is 19.8 Å². The van der Waals surface area contributed by atoms with Crippen molar-refractivity contribution in [3.8, 4) is 0 Å². The molecule has 2 fully saturated rings. The van der Waals surface area contributed by atoms with Crippen molar-refractivity contribution in [1.82, 2.24) is 15.5 Å². The van der Waals surface area contributed by atoms with Crippen LogP contribution >= 0.6 is 0 Å². The van der Waals surface area contributed by atoms with E-state index in [4.69, 9.17) is 9.15 Å². The maximum absolute atomic E-state index is 13.4. The molecule has 9 heteroatoms. The van der Waals surface area contributed by atoms with Gasteiger partial charge in [-0.25, -0.2) is 8.78 Å². The minimum Gasteiger partial charge on any atom is -0.455 e. The highest BCUT2D eigenvalue weighted by atomic mass is 19.2. The minimum absolute atomic E-state index is 0.0290. The summed E-state index contributed by atoms with van der Waals surface area (Å²) >= 11 is 0. The lowest BCUT2D eigenvalue weighted by Gasteiger charge is -2.33. The van der Waals surface area contributed by atoms with E-state index in [1.807, 2.05) is 0 Å². The van der Waals surface area contributed by atoms with Gasteiger partial charge in [-0.05, 0) is 48.6 Å². The fourth-order valence-electron chi connectivity index (χ4n) is 3.63. The molecule has 2 heterocycles. The average molecular weight is 447 g/mol. The quantitative estimate of drug-likeness (QED) is 0.616. The van der Waals surface area contributed by atoms with Crippen LogP contribution in [0.3, 0.4) is 0 Å². The summed E-state index contributed by atoms with van der Waals surface area (Å²) in [6.07, 6.45) is 2.12. The van der Waals surface area contributed by atoms with Crippen LogP contribution in [0.2, 0.25) is 0 Å². The topological polar surface area (TPSA) is 83.8 Å². The Balaban J connectivity index is 1.19.